The van der Waals surface area contributed by atoms with E-state index in [9.17, 15) is 0 Å². The van der Waals surface area contributed by atoms with Crippen LogP contribution in [0.1, 0.15) is 16.7 Å². The molecule has 2 N–H and O–H groups in total. The van der Waals surface area contributed by atoms with Crippen molar-refractivity contribution < 1.29 is 4.74 Å². The van der Waals surface area contributed by atoms with E-state index in [-0.39, 0.29) is 4.99 Å². The van der Waals surface area contributed by atoms with Crippen LogP contribution >= 0.6 is 23.8 Å². The van der Waals surface area contributed by atoms with Crippen molar-refractivity contribution in [2.24, 2.45) is 5.73 Å². The van der Waals surface area contributed by atoms with Gasteiger partial charge in [0.15, 0.2) is 0 Å². The Kier molecular flexibility index (Phi) is 4.08. The van der Waals surface area contributed by atoms with Gasteiger partial charge in [-0.25, -0.2) is 0 Å². The van der Waals surface area contributed by atoms with E-state index in [0.29, 0.717) is 16.3 Å². The van der Waals surface area contributed by atoms with Gasteiger partial charge < -0.3 is 10.5 Å². The number of hydrogen-bond acceptors (Lipinski definition) is 2. The molecule has 2 aromatic carbocycles. The van der Waals surface area contributed by atoms with E-state index in [2.05, 4.69) is 6.07 Å². The molecule has 0 spiro atoms. The highest BCUT2D eigenvalue weighted by atomic mass is 35.5. The van der Waals surface area contributed by atoms with E-state index < -0.39 is 0 Å². The quantitative estimate of drug-likeness (QED) is 0.852. The minimum Gasteiger partial charge on any atom is -0.457 e. The predicted molar refractivity (Wildman–Crippen MR) is 83.3 cm³/mol. The normalized spacial score (nSPS) is 10.3. The summed E-state index contributed by atoms with van der Waals surface area (Å²) in [5.41, 5.74) is 8.63. The minimum atomic E-state index is 0.288. The number of halogens is 1. The number of hydrogen-bond donors (Lipinski definition) is 1. The third-order valence-electron chi connectivity index (χ3n) is 2.63. The molecule has 0 radical (unpaired) electrons. The first-order chi connectivity index (χ1) is 8.95. The van der Waals surface area contributed by atoms with E-state index in [1.54, 1.807) is 18.2 Å². The molecule has 0 saturated carbocycles. The van der Waals surface area contributed by atoms with Gasteiger partial charge in [-0.05, 0) is 49.2 Å². The van der Waals surface area contributed by atoms with E-state index >= 15 is 0 Å². The molecular weight excluding hydrogens is 278 g/mol. The summed E-state index contributed by atoms with van der Waals surface area (Å²) in [5, 5.41) is 0.583. The van der Waals surface area contributed by atoms with Crippen molar-refractivity contribution in [3.05, 3.63) is 58.1 Å². The Bertz CT molecular complexity index is 620. The lowest BCUT2D eigenvalue weighted by molar-refractivity contribution is 0.481. The summed E-state index contributed by atoms with van der Waals surface area (Å²) in [5.74, 6) is 1.32. The Labute approximate surface area is 123 Å². The zero-order chi connectivity index (χ0) is 14.0. The molecule has 0 saturated heterocycles. The van der Waals surface area contributed by atoms with Crippen LogP contribution in [-0.4, -0.2) is 4.99 Å². The van der Waals surface area contributed by atoms with E-state index in [1.165, 1.54) is 0 Å². The lowest BCUT2D eigenvalue weighted by atomic mass is 10.1. The summed E-state index contributed by atoms with van der Waals surface area (Å²) >= 11 is 11.0. The molecule has 2 aromatic rings. The molecule has 98 valence electrons. The zero-order valence-electron chi connectivity index (χ0n) is 10.7. The van der Waals surface area contributed by atoms with Crippen LogP contribution in [0.4, 0.5) is 0 Å². The van der Waals surface area contributed by atoms with Gasteiger partial charge >= 0.3 is 0 Å². The molecule has 0 atom stereocenters. The van der Waals surface area contributed by atoms with Gasteiger partial charge in [0, 0.05) is 11.1 Å². The third kappa shape index (κ3) is 3.46. The predicted octanol–water partition coefficient (Wildman–Crippen LogP) is 4.38. The van der Waals surface area contributed by atoms with Gasteiger partial charge in [0.25, 0.3) is 0 Å². The van der Waals surface area contributed by atoms with Crippen LogP contribution in [0.25, 0.3) is 0 Å². The maximum absolute atomic E-state index is 5.99. The molecule has 0 aliphatic heterocycles. The van der Waals surface area contributed by atoms with Crippen molar-refractivity contribution >= 4 is 28.8 Å². The molecule has 0 fully saturated rings. The summed E-state index contributed by atoms with van der Waals surface area (Å²) in [6.45, 7) is 4.04. The fraction of sp³-hybridized carbons (Fsp3) is 0.133. The van der Waals surface area contributed by atoms with Gasteiger partial charge in [-0.1, -0.05) is 29.9 Å². The highest BCUT2D eigenvalue weighted by Crippen LogP contribution is 2.29. The molecule has 0 amide bonds. The second-order valence-corrected chi connectivity index (χ2v) is 5.31. The topological polar surface area (TPSA) is 35.2 Å². The first-order valence-corrected chi connectivity index (χ1v) is 6.60. The molecule has 2 nitrogen and oxygen atoms in total. The smallest absolute Gasteiger partial charge is 0.139 e. The van der Waals surface area contributed by atoms with Crippen molar-refractivity contribution in [3.63, 3.8) is 0 Å². The van der Waals surface area contributed by atoms with Crippen LogP contribution in [0, 0.1) is 13.8 Å². The SMILES string of the molecule is Cc1cc(C)cc(Oc2cc(Cl)ccc2C(N)=S)c1. The average Bonchev–Trinajstić information content (AvgIpc) is 2.26. The second kappa shape index (κ2) is 5.59. The van der Waals surface area contributed by atoms with Crippen molar-refractivity contribution in [3.8, 4) is 11.5 Å². The summed E-state index contributed by atoms with van der Waals surface area (Å²) in [7, 11) is 0. The number of rotatable bonds is 3. The van der Waals surface area contributed by atoms with Crippen molar-refractivity contribution in [2.75, 3.05) is 0 Å². The average molecular weight is 292 g/mol. The highest BCUT2D eigenvalue weighted by Gasteiger charge is 2.09. The maximum atomic E-state index is 5.99. The molecule has 19 heavy (non-hydrogen) atoms. The molecule has 0 bridgehead atoms. The Morgan fingerprint density at radius 1 is 1.11 bits per heavy atom. The Morgan fingerprint density at radius 2 is 1.74 bits per heavy atom. The highest BCUT2D eigenvalue weighted by molar-refractivity contribution is 7.80. The van der Waals surface area contributed by atoms with Gasteiger partial charge in [0.05, 0.1) is 5.56 Å². The fourth-order valence-electron chi connectivity index (χ4n) is 1.90. The Hall–Kier alpha value is -1.58. The Morgan fingerprint density at radius 3 is 2.32 bits per heavy atom. The van der Waals surface area contributed by atoms with Crippen LogP contribution in [0.3, 0.4) is 0 Å². The van der Waals surface area contributed by atoms with E-state index in [4.69, 9.17) is 34.3 Å². The van der Waals surface area contributed by atoms with Gasteiger partial charge in [0.1, 0.15) is 16.5 Å². The number of aryl methyl sites for hydroxylation is 2. The lowest BCUT2D eigenvalue weighted by Gasteiger charge is -2.12. The van der Waals surface area contributed by atoms with Crippen molar-refractivity contribution in [2.45, 2.75) is 13.8 Å². The summed E-state index contributed by atoms with van der Waals surface area (Å²) in [6, 6.07) is 11.2. The molecule has 2 rings (SSSR count). The van der Waals surface area contributed by atoms with Gasteiger partial charge in [-0.15, -0.1) is 0 Å². The lowest BCUT2D eigenvalue weighted by Crippen LogP contribution is -2.10. The number of ether oxygens (including phenoxy) is 1. The number of thiocarbonyl (C=S) groups is 1. The second-order valence-electron chi connectivity index (χ2n) is 4.43. The van der Waals surface area contributed by atoms with Gasteiger partial charge in [-0.3, -0.25) is 0 Å². The van der Waals surface area contributed by atoms with Crippen LogP contribution in [0.2, 0.25) is 5.02 Å². The summed E-state index contributed by atoms with van der Waals surface area (Å²) < 4.78 is 5.86. The zero-order valence-corrected chi connectivity index (χ0v) is 12.3. The van der Waals surface area contributed by atoms with E-state index in [0.717, 1.165) is 16.9 Å². The maximum Gasteiger partial charge on any atom is 0.139 e. The summed E-state index contributed by atoms with van der Waals surface area (Å²) in [4.78, 5) is 0.288. The van der Waals surface area contributed by atoms with Crippen LogP contribution in [-0.2, 0) is 0 Å². The molecule has 0 aliphatic rings. The van der Waals surface area contributed by atoms with Crippen LogP contribution < -0.4 is 10.5 Å². The Balaban J connectivity index is 2.42. The van der Waals surface area contributed by atoms with E-state index in [1.807, 2.05) is 26.0 Å². The molecule has 0 heterocycles. The minimum absolute atomic E-state index is 0.288. The standard InChI is InChI=1S/C15H14ClNOS/c1-9-5-10(2)7-12(6-9)18-14-8-11(16)3-4-13(14)15(17)19/h3-8H,1-2H3,(H2,17,19). The monoisotopic (exact) mass is 291 g/mol. The summed E-state index contributed by atoms with van der Waals surface area (Å²) in [6.07, 6.45) is 0. The largest absolute Gasteiger partial charge is 0.457 e. The first kappa shape index (κ1) is 13.8. The molecule has 0 unspecified atom stereocenters. The first-order valence-electron chi connectivity index (χ1n) is 5.81. The van der Waals surface area contributed by atoms with Gasteiger partial charge in [0.2, 0.25) is 0 Å². The number of benzene rings is 2. The molecular formula is C15H14ClNOS. The molecule has 0 aliphatic carbocycles. The fourth-order valence-corrected chi connectivity index (χ4v) is 2.23. The van der Waals surface area contributed by atoms with Gasteiger partial charge in [-0.2, -0.15) is 0 Å². The number of nitrogens with two attached hydrogens (primary N) is 1. The van der Waals surface area contributed by atoms with Crippen LogP contribution in [0.5, 0.6) is 11.5 Å². The van der Waals surface area contributed by atoms with Crippen molar-refractivity contribution in [1.29, 1.82) is 0 Å². The molecule has 4 heteroatoms. The molecule has 0 aromatic heterocycles. The van der Waals surface area contributed by atoms with Crippen molar-refractivity contribution in [1.82, 2.24) is 0 Å². The van der Waals surface area contributed by atoms with Crippen LogP contribution in [0.15, 0.2) is 36.4 Å². The third-order valence-corrected chi connectivity index (χ3v) is 3.09.